The van der Waals surface area contributed by atoms with Gasteiger partial charge in [0, 0.05) is 24.9 Å². The van der Waals surface area contributed by atoms with E-state index in [-0.39, 0.29) is 23.7 Å². The molecule has 2 heterocycles. The number of fused-ring (bicyclic) bond motifs is 1. The quantitative estimate of drug-likeness (QED) is 0.840. The van der Waals surface area contributed by atoms with Gasteiger partial charge in [-0.2, -0.15) is 13.2 Å². The first-order chi connectivity index (χ1) is 10.9. The van der Waals surface area contributed by atoms with Crippen LogP contribution in [0.5, 0.6) is 0 Å². The Hall–Kier alpha value is -0.860. The van der Waals surface area contributed by atoms with E-state index in [9.17, 15) is 18.0 Å². The van der Waals surface area contributed by atoms with Crippen molar-refractivity contribution in [1.82, 2.24) is 15.6 Å². The Kier molecular flexibility index (Phi) is 6.14. The van der Waals surface area contributed by atoms with Crippen molar-refractivity contribution in [2.45, 2.75) is 38.3 Å². The van der Waals surface area contributed by atoms with Gasteiger partial charge in [-0.05, 0) is 25.3 Å². The SMILES string of the molecule is Cl.O=C(NCCc1nc(C(F)(F)F)cs1)[C@@]12CCCC[C@H]1CNC2. The number of carbonyl (C=O) groups is 1. The van der Waals surface area contributed by atoms with Crippen LogP contribution in [0.4, 0.5) is 13.2 Å². The van der Waals surface area contributed by atoms with Crippen LogP contribution in [0.1, 0.15) is 36.4 Å². The number of halogens is 4. The fourth-order valence-electron chi connectivity index (χ4n) is 3.71. The molecule has 2 fully saturated rings. The highest BCUT2D eigenvalue weighted by Gasteiger charge is 2.49. The summed E-state index contributed by atoms with van der Waals surface area (Å²) in [6, 6.07) is 0. The zero-order chi connectivity index (χ0) is 16.5. The topological polar surface area (TPSA) is 54.0 Å². The summed E-state index contributed by atoms with van der Waals surface area (Å²) in [5.74, 6) is 0.424. The van der Waals surface area contributed by atoms with Crippen molar-refractivity contribution < 1.29 is 18.0 Å². The predicted molar refractivity (Wildman–Crippen MR) is 88.3 cm³/mol. The van der Waals surface area contributed by atoms with Crippen molar-refractivity contribution in [3.63, 3.8) is 0 Å². The zero-order valence-corrected chi connectivity index (χ0v) is 14.8. The van der Waals surface area contributed by atoms with Crippen LogP contribution in [-0.4, -0.2) is 30.5 Å². The minimum Gasteiger partial charge on any atom is -0.355 e. The fraction of sp³-hybridized carbons (Fsp3) is 0.733. The first kappa shape index (κ1) is 19.5. The molecule has 0 spiro atoms. The number of hydrogen-bond acceptors (Lipinski definition) is 4. The van der Waals surface area contributed by atoms with Gasteiger partial charge in [-0.3, -0.25) is 4.79 Å². The van der Waals surface area contributed by atoms with E-state index in [0.717, 1.165) is 42.5 Å². The van der Waals surface area contributed by atoms with Gasteiger partial charge in [-0.25, -0.2) is 4.98 Å². The largest absolute Gasteiger partial charge is 0.434 e. The third kappa shape index (κ3) is 3.86. The summed E-state index contributed by atoms with van der Waals surface area (Å²) in [5.41, 5.74) is -1.17. The first-order valence-corrected chi connectivity index (χ1v) is 8.80. The Morgan fingerprint density at radius 1 is 1.46 bits per heavy atom. The Balaban J connectivity index is 0.00000208. The summed E-state index contributed by atoms with van der Waals surface area (Å²) in [5, 5.41) is 7.66. The van der Waals surface area contributed by atoms with Gasteiger partial charge in [0.25, 0.3) is 0 Å². The summed E-state index contributed by atoms with van der Waals surface area (Å²) >= 11 is 0.987. The fourth-order valence-corrected chi connectivity index (χ4v) is 4.51. The van der Waals surface area contributed by atoms with Gasteiger partial charge >= 0.3 is 6.18 Å². The van der Waals surface area contributed by atoms with E-state index >= 15 is 0 Å². The van der Waals surface area contributed by atoms with Crippen molar-refractivity contribution in [1.29, 1.82) is 0 Å². The molecule has 1 aromatic heterocycles. The lowest BCUT2D eigenvalue weighted by atomic mass is 9.67. The molecule has 136 valence electrons. The molecule has 1 amide bonds. The van der Waals surface area contributed by atoms with Crippen molar-refractivity contribution in [3.8, 4) is 0 Å². The first-order valence-electron chi connectivity index (χ1n) is 7.92. The van der Waals surface area contributed by atoms with Crippen LogP contribution in [0, 0.1) is 11.3 Å². The molecule has 2 N–H and O–H groups in total. The van der Waals surface area contributed by atoms with Crippen LogP contribution >= 0.6 is 23.7 Å². The van der Waals surface area contributed by atoms with E-state index in [1.54, 1.807) is 0 Å². The number of hydrogen-bond donors (Lipinski definition) is 2. The van der Waals surface area contributed by atoms with Crippen LogP contribution in [0.15, 0.2) is 5.38 Å². The van der Waals surface area contributed by atoms with E-state index in [0.29, 0.717) is 30.4 Å². The maximum atomic E-state index is 12.6. The van der Waals surface area contributed by atoms with Crippen LogP contribution in [-0.2, 0) is 17.4 Å². The van der Waals surface area contributed by atoms with Crippen LogP contribution in [0.25, 0.3) is 0 Å². The van der Waals surface area contributed by atoms with Gasteiger partial charge in [0.1, 0.15) is 0 Å². The number of alkyl halides is 3. The van der Waals surface area contributed by atoms with E-state index < -0.39 is 11.9 Å². The summed E-state index contributed by atoms with van der Waals surface area (Å²) in [6.07, 6.45) is 0.129. The van der Waals surface area contributed by atoms with Crippen LogP contribution in [0.3, 0.4) is 0 Å². The van der Waals surface area contributed by atoms with Gasteiger partial charge in [-0.1, -0.05) is 12.8 Å². The number of nitrogens with zero attached hydrogens (tertiary/aromatic N) is 1. The lowest BCUT2D eigenvalue weighted by Crippen LogP contribution is -2.48. The molecular formula is C15H21ClF3N3OS. The number of nitrogens with one attached hydrogen (secondary N) is 2. The van der Waals surface area contributed by atoms with E-state index in [1.807, 2.05) is 0 Å². The average molecular weight is 384 g/mol. The van der Waals surface area contributed by atoms with Gasteiger partial charge in [0.2, 0.25) is 5.91 Å². The Morgan fingerprint density at radius 3 is 2.96 bits per heavy atom. The standard InChI is InChI=1S/C15H20F3N3OS.ClH/c16-15(17,18)11-8-23-12(21-11)4-6-20-13(22)14-5-2-1-3-10(14)7-19-9-14;/h8,10,19H,1-7,9H2,(H,20,22);1H/t10-,14+;/m0./s1. The molecule has 0 unspecified atom stereocenters. The molecule has 0 radical (unpaired) electrons. The van der Waals surface area contributed by atoms with Crippen molar-refractivity contribution in [2.24, 2.45) is 11.3 Å². The third-order valence-corrected chi connectivity index (χ3v) is 5.87. The maximum absolute atomic E-state index is 12.6. The molecule has 9 heteroatoms. The van der Waals surface area contributed by atoms with E-state index in [4.69, 9.17) is 0 Å². The van der Waals surface area contributed by atoms with Gasteiger partial charge in [0.05, 0.1) is 10.4 Å². The molecule has 1 aliphatic heterocycles. The number of carbonyl (C=O) groups excluding carboxylic acids is 1. The molecule has 1 aliphatic carbocycles. The Labute approximate surface area is 149 Å². The lowest BCUT2D eigenvalue weighted by Gasteiger charge is -2.37. The lowest BCUT2D eigenvalue weighted by molar-refractivity contribution is -0.140. The minimum atomic E-state index is -4.40. The van der Waals surface area contributed by atoms with Crippen LogP contribution in [0.2, 0.25) is 0 Å². The Morgan fingerprint density at radius 2 is 2.25 bits per heavy atom. The van der Waals surface area contributed by atoms with Crippen LogP contribution < -0.4 is 10.6 Å². The normalized spacial score (nSPS) is 26.5. The number of aromatic nitrogens is 1. The van der Waals surface area contributed by atoms with E-state index in [2.05, 4.69) is 15.6 Å². The second kappa shape index (κ2) is 7.58. The smallest absolute Gasteiger partial charge is 0.355 e. The van der Waals surface area contributed by atoms with Crippen molar-refractivity contribution >= 4 is 29.7 Å². The summed E-state index contributed by atoms with van der Waals surface area (Å²) < 4.78 is 37.5. The molecule has 2 aliphatic rings. The molecule has 2 atom stereocenters. The van der Waals surface area contributed by atoms with Gasteiger partial charge in [-0.15, -0.1) is 23.7 Å². The molecule has 1 saturated heterocycles. The number of thiazole rings is 1. The summed E-state index contributed by atoms with van der Waals surface area (Å²) in [7, 11) is 0. The molecule has 3 rings (SSSR count). The van der Waals surface area contributed by atoms with E-state index in [1.165, 1.54) is 6.42 Å². The van der Waals surface area contributed by atoms with Crippen molar-refractivity contribution in [2.75, 3.05) is 19.6 Å². The molecule has 0 bridgehead atoms. The zero-order valence-electron chi connectivity index (χ0n) is 13.1. The third-order valence-electron chi connectivity index (χ3n) is 4.96. The van der Waals surface area contributed by atoms with Crippen molar-refractivity contribution in [3.05, 3.63) is 16.1 Å². The summed E-state index contributed by atoms with van der Waals surface area (Å²) in [6.45, 7) is 1.92. The second-order valence-corrected chi connectivity index (χ2v) is 7.30. The molecule has 24 heavy (non-hydrogen) atoms. The summed E-state index contributed by atoms with van der Waals surface area (Å²) in [4.78, 5) is 16.2. The van der Waals surface area contributed by atoms with Gasteiger partial charge in [0.15, 0.2) is 5.69 Å². The molecule has 4 nitrogen and oxygen atoms in total. The molecule has 1 saturated carbocycles. The maximum Gasteiger partial charge on any atom is 0.434 e. The second-order valence-electron chi connectivity index (χ2n) is 6.36. The monoisotopic (exact) mass is 383 g/mol. The molecular weight excluding hydrogens is 363 g/mol. The number of amides is 1. The average Bonchev–Trinajstić information content (AvgIpc) is 3.13. The minimum absolute atomic E-state index is 0. The molecule has 0 aromatic carbocycles. The van der Waals surface area contributed by atoms with Gasteiger partial charge < -0.3 is 10.6 Å². The highest BCUT2D eigenvalue weighted by Crippen LogP contribution is 2.43. The number of rotatable bonds is 4. The molecule has 1 aromatic rings. The highest BCUT2D eigenvalue weighted by atomic mass is 35.5. The predicted octanol–water partition coefficient (Wildman–Crippen LogP) is 3.02. The Bertz CT molecular complexity index is 581. The highest BCUT2D eigenvalue weighted by molar-refractivity contribution is 7.09.